The zero-order chi connectivity index (χ0) is 15.0. The summed E-state index contributed by atoms with van der Waals surface area (Å²) >= 11 is 8.89. The molecule has 0 aliphatic carbocycles. The second-order valence-electron chi connectivity index (χ2n) is 4.51. The van der Waals surface area contributed by atoms with E-state index < -0.39 is 11.6 Å². The second-order valence-corrected chi connectivity index (χ2v) is 5.74. The summed E-state index contributed by atoms with van der Waals surface area (Å²) < 4.78 is 29.5. The first-order valence-corrected chi connectivity index (χ1v) is 7.62. The van der Waals surface area contributed by atoms with E-state index >= 15 is 0 Å². The number of para-hydroxylation sites is 2. The van der Waals surface area contributed by atoms with Crippen LogP contribution in [-0.4, -0.2) is 15.4 Å². The van der Waals surface area contributed by atoms with Crippen LogP contribution in [0.5, 0.6) is 0 Å². The number of hydrogen-bond acceptors (Lipinski definition) is 1. The molecule has 0 fully saturated rings. The Balaban J connectivity index is 2.32. The number of nitrogens with zero attached hydrogens (tertiary/aromatic N) is 2. The summed E-state index contributed by atoms with van der Waals surface area (Å²) in [5.41, 5.74) is 1.75. The lowest BCUT2D eigenvalue weighted by Gasteiger charge is -2.11. The molecule has 2 nitrogen and oxygen atoms in total. The Bertz CT molecular complexity index is 817. The fourth-order valence-corrected chi connectivity index (χ4v) is 2.78. The SMILES string of the molecule is Fc1cc(F)c(-n2c(CCCl)nc3ccccc32)cc1Br. The molecule has 0 atom stereocenters. The molecule has 0 aliphatic rings. The van der Waals surface area contributed by atoms with E-state index in [-0.39, 0.29) is 10.2 Å². The molecule has 0 saturated carbocycles. The zero-order valence-electron chi connectivity index (χ0n) is 10.8. The number of fused-ring (bicyclic) bond motifs is 1. The van der Waals surface area contributed by atoms with Crippen molar-refractivity contribution >= 4 is 38.6 Å². The molecule has 0 aliphatic heterocycles. The lowest BCUT2D eigenvalue weighted by molar-refractivity contribution is 0.573. The largest absolute Gasteiger partial charge is 0.293 e. The summed E-state index contributed by atoms with van der Waals surface area (Å²) in [5, 5.41) is 0. The molecule has 108 valence electrons. The van der Waals surface area contributed by atoms with Crippen LogP contribution in [0.3, 0.4) is 0 Å². The normalized spacial score (nSPS) is 11.2. The van der Waals surface area contributed by atoms with E-state index in [0.717, 1.165) is 17.1 Å². The number of aryl methyl sites for hydroxylation is 1. The van der Waals surface area contributed by atoms with Gasteiger partial charge in [0.05, 0.1) is 21.2 Å². The third kappa shape index (κ3) is 2.56. The molecule has 0 spiro atoms. The van der Waals surface area contributed by atoms with Gasteiger partial charge in [-0.15, -0.1) is 11.6 Å². The predicted octanol–water partition coefficient (Wildman–Crippen LogP) is 4.85. The van der Waals surface area contributed by atoms with Crippen LogP contribution in [0.25, 0.3) is 16.7 Å². The highest BCUT2D eigenvalue weighted by Crippen LogP contribution is 2.28. The fourth-order valence-electron chi connectivity index (χ4n) is 2.28. The van der Waals surface area contributed by atoms with Gasteiger partial charge in [0, 0.05) is 18.4 Å². The predicted molar refractivity (Wildman–Crippen MR) is 83.1 cm³/mol. The van der Waals surface area contributed by atoms with E-state index in [0.29, 0.717) is 18.1 Å². The molecule has 0 saturated heterocycles. The summed E-state index contributed by atoms with van der Waals surface area (Å²) in [4.78, 5) is 4.47. The summed E-state index contributed by atoms with van der Waals surface area (Å²) in [6.07, 6.45) is 0.491. The lowest BCUT2D eigenvalue weighted by Crippen LogP contribution is -2.05. The van der Waals surface area contributed by atoms with Gasteiger partial charge >= 0.3 is 0 Å². The molecule has 1 heterocycles. The molecular formula is C15H10BrClF2N2. The van der Waals surface area contributed by atoms with Gasteiger partial charge in [0.2, 0.25) is 0 Å². The molecular weight excluding hydrogens is 362 g/mol. The highest BCUT2D eigenvalue weighted by Gasteiger charge is 2.16. The third-order valence-corrected chi connectivity index (χ3v) is 3.98. The highest BCUT2D eigenvalue weighted by molar-refractivity contribution is 9.10. The van der Waals surface area contributed by atoms with Crippen molar-refractivity contribution in [2.75, 3.05) is 5.88 Å². The van der Waals surface area contributed by atoms with Crippen molar-refractivity contribution in [3.05, 3.63) is 58.3 Å². The Morgan fingerprint density at radius 3 is 2.67 bits per heavy atom. The van der Waals surface area contributed by atoms with Crippen LogP contribution in [0.2, 0.25) is 0 Å². The van der Waals surface area contributed by atoms with Gasteiger partial charge in [-0.3, -0.25) is 4.57 Å². The number of aromatic nitrogens is 2. The van der Waals surface area contributed by atoms with E-state index in [9.17, 15) is 8.78 Å². The van der Waals surface area contributed by atoms with Crippen LogP contribution in [-0.2, 0) is 6.42 Å². The maximum atomic E-state index is 14.2. The van der Waals surface area contributed by atoms with Crippen LogP contribution < -0.4 is 0 Å². The van der Waals surface area contributed by atoms with Crippen molar-refractivity contribution < 1.29 is 8.78 Å². The van der Waals surface area contributed by atoms with Gasteiger partial charge in [0.25, 0.3) is 0 Å². The smallest absolute Gasteiger partial charge is 0.150 e. The van der Waals surface area contributed by atoms with Gasteiger partial charge in [0.15, 0.2) is 0 Å². The van der Waals surface area contributed by atoms with Gasteiger partial charge in [-0.2, -0.15) is 0 Å². The minimum Gasteiger partial charge on any atom is -0.293 e. The van der Waals surface area contributed by atoms with Gasteiger partial charge in [-0.25, -0.2) is 13.8 Å². The maximum absolute atomic E-state index is 14.2. The highest BCUT2D eigenvalue weighted by atomic mass is 79.9. The molecule has 0 amide bonds. The Labute approximate surface area is 133 Å². The van der Waals surface area contributed by atoms with Crippen LogP contribution >= 0.6 is 27.5 Å². The molecule has 3 aromatic rings. The van der Waals surface area contributed by atoms with Gasteiger partial charge < -0.3 is 0 Å². The monoisotopic (exact) mass is 370 g/mol. The van der Waals surface area contributed by atoms with Crippen LogP contribution in [0.1, 0.15) is 5.82 Å². The zero-order valence-corrected chi connectivity index (χ0v) is 13.1. The van der Waals surface area contributed by atoms with Crippen molar-refractivity contribution in [1.29, 1.82) is 0 Å². The molecule has 1 aromatic heterocycles. The summed E-state index contributed by atoms with van der Waals surface area (Å²) in [5.74, 6) is -0.273. The number of rotatable bonds is 3. The quantitative estimate of drug-likeness (QED) is 0.475. The first kappa shape index (κ1) is 14.5. The number of alkyl halides is 1. The van der Waals surface area contributed by atoms with Crippen molar-refractivity contribution in [3.63, 3.8) is 0 Å². The maximum Gasteiger partial charge on any atom is 0.150 e. The fraction of sp³-hybridized carbons (Fsp3) is 0.133. The van der Waals surface area contributed by atoms with Gasteiger partial charge in [0.1, 0.15) is 17.5 Å². The van der Waals surface area contributed by atoms with Crippen molar-refractivity contribution in [2.45, 2.75) is 6.42 Å². The van der Waals surface area contributed by atoms with E-state index in [1.807, 2.05) is 24.3 Å². The Morgan fingerprint density at radius 1 is 1.14 bits per heavy atom. The number of hydrogen-bond donors (Lipinski definition) is 0. The van der Waals surface area contributed by atoms with Crippen molar-refractivity contribution in [1.82, 2.24) is 9.55 Å². The number of imidazole rings is 1. The summed E-state index contributed by atoms with van der Waals surface area (Å²) in [6.45, 7) is 0. The molecule has 6 heteroatoms. The van der Waals surface area contributed by atoms with Crippen LogP contribution in [0.4, 0.5) is 8.78 Å². The standard InChI is InChI=1S/C15H10BrClF2N2/c16-9-7-14(11(19)8-10(9)18)21-13-4-2-1-3-12(13)20-15(21)5-6-17/h1-4,7-8H,5-6H2. The van der Waals surface area contributed by atoms with Crippen LogP contribution in [0, 0.1) is 11.6 Å². The average molecular weight is 372 g/mol. The van der Waals surface area contributed by atoms with Gasteiger partial charge in [-0.1, -0.05) is 12.1 Å². The minimum absolute atomic E-state index is 0.202. The molecule has 0 unspecified atom stereocenters. The molecule has 0 N–H and O–H groups in total. The average Bonchev–Trinajstić information content (AvgIpc) is 2.81. The van der Waals surface area contributed by atoms with Crippen molar-refractivity contribution in [2.24, 2.45) is 0 Å². The number of benzene rings is 2. The second kappa shape index (κ2) is 5.73. The first-order valence-electron chi connectivity index (χ1n) is 6.29. The van der Waals surface area contributed by atoms with E-state index in [2.05, 4.69) is 20.9 Å². The van der Waals surface area contributed by atoms with E-state index in [1.54, 1.807) is 4.57 Å². The Morgan fingerprint density at radius 2 is 1.90 bits per heavy atom. The molecule has 0 radical (unpaired) electrons. The topological polar surface area (TPSA) is 17.8 Å². The Hall–Kier alpha value is -1.46. The molecule has 2 aromatic carbocycles. The minimum atomic E-state index is -0.644. The van der Waals surface area contributed by atoms with Gasteiger partial charge in [-0.05, 0) is 34.1 Å². The molecule has 21 heavy (non-hydrogen) atoms. The van der Waals surface area contributed by atoms with E-state index in [4.69, 9.17) is 11.6 Å². The molecule has 0 bridgehead atoms. The Kier molecular flexibility index (Phi) is 3.95. The molecule has 3 rings (SSSR count). The third-order valence-electron chi connectivity index (χ3n) is 3.18. The lowest BCUT2D eigenvalue weighted by atomic mass is 10.2. The van der Waals surface area contributed by atoms with E-state index in [1.165, 1.54) is 6.07 Å². The summed E-state index contributed by atoms with van der Waals surface area (Å²) in [7, 11) is 0. The summed E-state index contributed by atoms with van der Waals surface area (Å²) in [6, 6.07) is 9.68. The first-order chi connectivity index (χ1) is 10.1. The number of halogens is 4. The van der Waals surface area contributed by atoms with Crippen LogP contribution in [0.15, 0.2) is 40.9 Å². The van der Waals surface area contributed by atoms with Crippen molar-refractivity contribution in [3.8, 4) is 5.69 Å².